The minimum atomic E-state index is 0.207. The Kier molecular flexibility index (Phi) is 4.31. The Morgan fingerprint density at radius 3 is 2.62 bits per heavy atom. The summed E-state index contributed by atoms with van der Waals surface area (Å²) in [6.07, 6.45) is 0.207. The highest BCUT2D eigenvalue weighted by atomic mass is 127. The Hall–Kier alpha value is 0.0300. The van der Waals surface area contributed by atoms with E-state index in [4.69, 9.17) is 4.74 Å². The van der Waals surface area contributed by atoms with Crippen LogP contribution in [0.4, 0.5) is 0 Å². The van der Waals surface area contributed by atoms with E-state index < -0.39 is 0 Å². The van der Waals surface area contributed by atoms with Crippen LogP contribution in [-0.2, 0) is 0 Å². The van der Waals surface area contributed by atoms with E-state index in [1.807, 2.05) is 32.9 Å². The smallest absolute Gasteiger partial charge is 0.140 e. The summed E-state index contributed by atoms with van der Waals surface area (Å²) in [6.45, 7) is 5.99. The van der Waals surface area contributed by atoms with E-state index in [9.17, 15) is 0 Å². The molecule has 4 heteroatoms. The van der Waals surface area contributed by atoms with Crippen LogP contribution in [0.1, 0.15) is 19.5 Å². The number of pyridine rings is 1. The number of aryl methyl sites for hydroxylation is 1. The fourth-order valence-electron chi connectivity index (χ4n) is 0.947. The number of aromatic nitrogens is 1. The van der Waals surface area contributed by atoms with Crippen LogP contribution in [0.15, 0.2) is 17.2 Å². The molecule has 2 nitrogen and oxygen atoms in total. The Morgan fingerprint density at radius 1 is 1.46 bits per heavy atom. The van der Waals surface area contributed by atoms with E-state index in [1.165, 1.54) is 0 Å². The number of hydrogen-bond acceptors (Lipinski definition) is 3. The highest BCUT2D eigenvalue weighted by Gasteiger charge is 2.03. The van der Waals surface area contributed by atoms with Crippen molar-refractivity contribution in [1.29, 1.82) is 0 Å². The molecule has 0 aromatic carbocycles. The van der Waals surface area contributed by atoms with Crippen LogP contribution < -0.4 is 4.74 Å². The highest BCUT2D eigenvalue weighted by Crippen LogP contribution is 2.26. The zero-order valence-electron chi connectivity index (χ0n) is 7.87. The summed E-state index contributed by atoms with van der Waals surface area (Å²) in [4.78, 5) is 4.38. The summed E-state index contributed by atoms with van der Waals surface area (Å²) in [5.74, 6) is 0.879. The first-order valence-corrected chi connectivity index (χ1v) is 7.42. The van der Waals surface area contributed by atoms with Crippen LogP contribution in [0.3, 0.4) is 0 Å². The van der Waals surface area contributed by atoms with Gasteiger partial charge in [-0.05, 0) is 41.8 Å². The molecule has 0 saturated heterocycles. The Morgan fingerprint density at radius 2 is 2.15 bits per heavy atom. The summed E-state index contributed by atoms with van der Waals surface area (Å²) in [5, 5.41) is 1.02. The molecule has 0 aliphatic heterocycles. The predicted octanol–water partition coefficient (Wildman–Crippen LogP) is 3.62. The number of nitrogens with zero attached hydrogens (tertiary/aromatic N) is 1. The van der Waals surface area contributed by atoms with Crippen LogP contribution in [0.25, 0.3) is 0 Å². The Labute approximate surface area is 95.1 Å². The third-order valence-corrected chi connectivity index (χ3v) is 3.19. The molecule has 0 atom stereocenters. The van der Waals surface area contributed by atoms with Gasteiger partial charge in [0.1, 0.15) is 10.8 Å². The van der Waals surface area contributed by atoms with Gasteiger partial charge in [-0.1, -0.05) is 0 Å². The topological polar surface area (TPSA) is 22.1 Å². The molecule has 1 rings (SSSR count). The van der Waals surface area contributed by atoms with Gasteiger partial charge in [-0.2, -0.15) is 0 Å². The van der Waals surface area contributed by atoms with Gasteiger partial charge in [-0.15, -0.1) is 0 Å². The highest BCUT2D eigenvalue weighted by molar-refractivity contribution is 14.2. The van der Waals surface area contributed by atoms with Crippen LogP contribution in [0.5, 0.6) is 5.75 Å². The molecule has 1 aromatic heterocycles. The van der Waals surface area contributed by atoms with Crippen molar-refractivity contribution in [1.82, 2.24) is 4.98 Å². The number of ether oxygens (including phenoxy) is 1. The van der Waals surface area contributed by atoms with Gasteiger partial charge in [-0.3, -0.25) is 0 Å². The second-order valence-corrected chi connectivity index (χ2v) is 4.87. The average Bonchev–Trinajstić information content (AvgIpc) is 2.08. The van der Waals surface area contributed by atoms with Crippen molar-refractivity contribution >= 4 is 30.1 Å². The van der Waals surface area contributed by atoms with Crippen molar-refractivity contribution in [3.63, 3.8) is 0 Å². The normalized spacial score (nSPS) is 10.5. The van der Waals surface area contributed by atoms with Gasteiger partial charge < -0.3 is 4.74 Å². The lowest BCUT2D eigenvalue weighted by molar-refractivity contribution is 0.239. The zero-order chi connectivity index (χ0) is 9.84. The number of rotatable bonds is 3. The van der Waals surface area contributed by atoms with Gasteiger partial charge in [0.25, 0.3) is 0 Å². The first-order chi connectivity index (χ1) is 6.13. The van der Waals surface area contributed by atoms with Gasteiger partial charge >= 0.3 is 0 Å². The molecule has 0 N–H and O–H groups in total. The van der Waals surface area contributed by atoms with Crippen LogP contribution in [0.2, 0.25) is 0 Å². The molecule has 1 heterocycles. The molecule has 0 aliphatic carbocycles. The number of hydrogen-bond donors (Lipinski definition) is 0. The molecule has 0 spiro atoms. The maximum atomic E-state index is 5.57. The van der Waals surface area contributed by atoms with Crippen molar-refractivity contribution in [2.45, 2.75) is 31.9 Å². The predicted molar refractivity (Wildman–Crippen MR) is 64.6 cm³/mol. The quantitative estimate of drug-likeness (QED) is 0.796. The Bertz CT molecular complexity index is 291. The standard InChI is InChI=1S/C9H12INOS/c1-6(2)12-8-4-5-9(13-10)11-7(8)3/h4-6H,1-3H3. The van der Waals surface area contributed by atoms with Crippen LogP contribution in [-0.4, -0.2) is 11.1 Å². The zero-order valence-corrected chi connectivity index (χ0v) is 10.8. The SMILES string of the molecule is Cc1nc(SI)ccc1OC(C)C. The lowest BCUT2D eigenvalue weighted by Gasteiger charge is -2.11. The van der Waals surface area contributed by atoms with E-state index in [0.717, 1.165) is 16.5 Å². The average molecular weight is 309 g/mol. The molecule has 0 saturated carbocycles. The lowest BCUT2D eigenvalue weighted by Crippen LogP contribution is -2.07. The molecule has 0 radical (unpaired) electrons. The lowest BCUT2D eigenvalue weighted by atomic mass is 10.3. The van der Waals surface area contributed by atoms with E-state index in [0.29, 0.717) is 0 Å². The van der Waals surface area contributed by atoms with E-state index in [-0.39, 0.29) is 6.10 Å². The Balaban J connectivity index is 2.85. The monoisotopic (exact) mass is 309 g/mol. The molecule has 0 bridgehead atoms. The first kappa shape index (κ1) is 11.1. The van der Waals surface area contributed by atoms with Gasteiger partial charge in [-0.25, -0.2) is 4.98 Å². The van der Waals surface area contributed by atoms with Gasteiger partial charge in [0.05, 0.1) is 11.8 Å². The van der Waals surface area contributed by atoms with Crippen molar-refractivity contribution in [3.8, 4) is 5.75 Å². The van der Waals surface area contributed by atoms with Crippen molar-refractivity contribution in [2.24, 2.45) is 0 Å². The fourth-order valence-corrected chi connectivity index (χ4v) is 1.97. The number of halogens is 1. The van der Waals surface area contributed by atoms with Crippen molar-refractivity contribution < 1.29 is 4.74 Å². The fraction of sp³-hybridized carbons (Fsp3) is 0.444. The summed E-state index contributed by atoms with van der Waals surface area (Å²) in [6, 6.07) is 3.95. The minimum absolute atomic E-state index is 0.207. The van der Waals surface area contributed by atoms with Gasteiger partial charge in [0.2, 0.25) is 0 Å². The maximum absolute atomic E-state index is 5.57. The second-order valence-electron chi connectivity index (χ2n) is 2.98. The molecular formula is C9H12INOS. The molecule has 0 aliphatic rings. The third-order valence-electron chi connectivity index (χ3n) is 1.45. The third kappa shape index (κ3) is 3.34. The molecule has 0 amide bonds. The van der Waals surface area contributed by atoms with Crippen molar-refractivity contribution in [2.75, 3.05) is 0 Å². The van der Waals surface area contributed by atoms with Crippen molar-refractivity contribution in [3.05, 3.63) is 17.8 Å². The van der Waals surface area contributed by atoms with Crippen LogP contribution >= 0.6 is 30.1 Å². The largest absolute Gasteiger partial charge is 0.489 e. The van der Waals surface area contributed by atoms with Crippen LogP contribution in [0, 0.1) is 6.92 Å². The molecule has 1 aromatic rings. The summed E-state index contributed by atoms with van der Waals surface area (Å²) >= 11 is 2.22. The van der Waals surface area contributed by atoms with E-state index in [2.05, 4.69) is 26.2 Å². The van der Waals surface area contributed by atoms with E-state index in [1.54, 1.807) is 8.93 Å². The molecule has 0 fully saturated rings. The summed E-state index contributed by atoms with van der Waals surface area (Å²) in [5.41, 5.74) is 0.954. The molecule has 0 unspecified atom stereocenters. The van der Waals surface area contributed by atoms with Gasteiger partial charge in [0, 0.05) is 21.2 Å². The molecule has 72 valence electrons. The van der Waals surface area contributed by atoms with Gasteiger partial charge in [0.15, 0.2) is 0 Å². The molecule has 13 heavy (non-hydrogen) atoms. The maximum Gasteiger partial charge on any atom is 0.140 e. The minimum Gasteiger partial charge on any atom is -0.489 e. The van der Waals surface area contributed by atoms with E-state index >= 15 is 0 Å². The second kappa shape index (κ2) is 5.05. The summed E-state index contributed by atoms with van der Waals surface area (Å²) < 4.78 is 5.57. The molecular weight excluding hydrogens is 297 g/mol. The first-order valence-electron chi connectivity index (χ1n) is 4.06. The summed E-state index contributed by atoms with van der Waals surface area (Å²) in [7, 11) is 1.61.